The Hall–Kier alpha value is -1.92. The third kappa shape index (κ3) is 4.58. The molecular weight excluding hydrogens is 322 g/mol. The molecule has 2 aliphatic rings. The molecule has 3 rings (SSSR count). The van der Waals surface area contributed by atoms with Crippen molar-refractivity contribution in [3.63, 3.8) is 0 Å². The Labute approximate surface area is 147 Å². The number of hydrogen-bond acceptors (Lipinski definition) is 4. The largest absolute Gasteiger partial charge is 0.481 e. The number of rotatable bonds is 6. The van der Waals surface area contributed by atoms with E-state index in [1.54, 1.807) is 6.07 Å². The normalized spacial score (nSPS) is 22.5. The summed E-state index contributed by atoms with van der Waals surface area (Å²) in [5.41, 5.74) is 1.67. The minimum absolute atomic E-state index is 0.0496. The maximum atomic E-state index is 12.5. The van der Waals surface area contributed by atoms with Crippen molar-refractivity contribution in [3.05, 3.63) is 35.4 Å². The average molecular weight is 347 g/mol. The quantitative estimate of drug-likeness (QED) is 0.823. The average Bonchev–Trinajstić information content (AvgIpc) is 3.17. The van der Waals surface area contributed by atoms with E-state index < -0.39 is 11.9 Å². The number of carboxylic acids is 1. The Morgan fingerprint density at radius 3 is 2.60 bits per heavy atom. The van der Waals surface area contributed by atoms with Crippen LogP contribution in [0.1, 0.15) is 41.1 Å². The topological polar surface area (TPSA) is 84.9 Å². The molecule has 0 aromatic heterocycles. The van der Waals surface area contributed by atoms with Gasteiger partial charge in [0, 0.05) is 37.8 Å². The van der Waals surface area contributed by atoms with Gasteiger partial charge in [-0.05, 0) is 42.9 Å². The first-order valence-corrected chi connectivity index (χ1v) is 8.91. The van der Waals surface area contributed by atoms with Crippen LogP contribution in [-0.2, 0) is 14.3 Å². The summed E-state index contributed by atoms with van der Waals surface area (Å²) in [4.78, 5) is 24.0. The molecule has 6 nitrogen and oxygen atoms in total. The van der Waals surface area contributed by atoms with Gasteiger partial charge in [0.15, 0.2) is 0 Å². The van der Waals surface area contributed by atoms with Gasteiger partial charge in [-0.3, -0.25) is 9.59 Å². The SMILES string of the molecule is O=C(NCC(C(=O)O)C1CCOCC1)c1cccc(C2CCOC2)c1. The maximum absolute atomic E-state index is 12.5. The van der Waals surface area contributed by atoms with Gasteiger partial charge in [-0.25, -0.2) is 0 Å². The van der Waals surface area contributed by atoms with Crippen LogP contribution in [0.5, 0.6) is 0 Å². The van der Waals surface area contributed by atoms with Gasteiger partial charge in [0.2, 0.25) is 0 Å². The number of nitrogens with one attached hydrogen (secondary N) is 1. The molecule has 2 fully saturated rings. The van der Waals surface area contributed by atoms with Crippen LogP contribution in [0.2, 0.25) is 0 Å². The van der Waals surface area contributed by atoms with Crippen LogP contribution < -0.4 is 5.32 Å². The highest BCUT2D eigenvalue weighted by atomic mass is 16.5. The molecule has 2 saturated heterocycles. The van der Waals surface area contributed by atoms with Crippen molar-refractivity contribution in [1.82, 2.24) is 5.32 Å². The predicted molar refractivity (Wildman–Crippen MR) is 91.6 cm³/mol. The van der Waals surface area contributed by atoms with Crippen molar-refractivity contribution < 1.29 is 24.2 Å². The molecule has 136 valence electrons. The van der Waals surface area contributed by atoms with Gasteiger partial charge in [0.05, 0.1) is 12.5 Å². The molecule has 2 atom stereocenters. The van der Waals surface area contributed by atoms with Crippen LogP contribution >= 0.6 is 0 Å². The second-order valence-electron chi connectivity index (χ2n) is 6.79. The molecule has 1 aromatic carbocycles. The van der Waals surface area contributed by atoms with Gasteiger partial charge in [-0.2, -0.15) is 0 Å². The lowest BCUT2D eigenvalue weighted by molar-refractivity contribution is -0.144. The van der Waals surface area contributed by atoms with E-state index in [9.17, 15) is 14.7 Å². The third-order valence-corrected chi connectivity index (χ3v) is 5.18. The van der Waals surface area contributed by atoms with Crippen molar-refractivity contribution in [3.8, 4) is 0 Å². The van der Waals surface area contributed by atoms with Crippen LogP contribution in [0, 0.1) is 11.8 Å². The molecule has 0 spiro atoms. The molecule has 2 N–H and O–H groups in total. The minimum Gasteiger partial charge on any atom is -0.481 e. The molecule has 25 heavy (non-hydrogen) atoms. The van der Waals surface area contributed by atoms with Gasteiger partial charge >= 0.3 is 5.97 Å². The molecule has 0 saturated carbocycles. The summed E-state index contributed by atoms with van der Waals surface area (Å²) in [7, 11) is 0. The number of carbonyl (C=O) groups is 2. The zero-order valence-electron chi connectivity index (χ0n) is 14.3. The summed E-state index contributed by atoms with van der Waals surface area (Å²) in [6, 6.07) is 7.53. The van der Waals surface area contributed by atoms with Crippen LogP contribution in [-0.4, -0.2) is 50.0 Å². The summed E-state index contributed by atoms with van der Waals surface area (Å²) in [6.07, 6.45) is 2.42. The number of ether oxygens (including phenoxy) is 2. The van der Waals surface area contributed by atoms with Gasteiger partial charge in [-0.1, -0.05) is 12.1 Å². The monoisotopic (exact) mass is 347 g/mol. The zero-order chi connectivity index (χ0) is 17.6. The molecule has 2 heterocycles. The van der Waals surface area contributed by atoms with E-state index >= 15 is 0 Å². The van der Waals surface area contributed by atoms with Gasteiger partial charge in [0.1, 0.15) is 0 Å². The Bertz CT molecular complexity index is 606. The number of amides is 1. The lowest BCUT2D eigenvalue weighted by Gasteiger charge is -2.27. The van der Waals surface area contributed by atoms with E-state index in [1.165, 1.54) is 0 Å². The first kappa shape index (κ1) is 17.9. The summed E-state index contributed by atoms with van der Waals surface area (Å²) in [5.74, 6) is -1.27. The van der Waals surface area contributed by atoms with Crippen molar-refractivity contribution >= 4 is 11.9 Å². The first-order chi connectivity index (χ1) is 12.1. The van der Waals surface area contributed by atoms with E-state index in [1.807, 2.05) is 18.2 Å². The number of hydrogen-bond donors (Lipinski definition) is 2. The van der Waals surface area contributed by atoms with Crippen LogP contribution in [0.4, 0.5) is 0 Å². The second kappa shape index (κ2) is 8.45. The zero-order valence-corrected chi connectivity index (χ0v) is 14.3. The minimum atomic E-state index is -0.857. The fourth-order valence-electron chi connectivity index (χ4n) is 3.61. The van der Waals surface area contributed by atoms with E-state index in [0.29, 0.717) is 31.3 Å². The number of aliphatic carboxylic acids is 1. The van der Waals surface area contributed by atoms with Crippen molar-refractivity contribution in [2.75, 3.05) is 33.0 Å². The van der Waals surface area contributed by atoms with Crippen LogP contribution in [0.15, 0.2) is 24.3 Å². The van der Waals surface area contributed by atoms with Crippen molar-refractivity contribution in [2.24, 2.45) is 11.8 Å². The number of carboxylic acid groups (broad SMARTS) is 1. The Kier molecular flexibility index (Phi) is 6.04. The molecule has 6 heteroatoms. The number of carbonyl (C=O) groups excluding carboxylic acids is 1. The second-order valence-corrected chi connectivity index (χ2v) is 6.79. The Balaban J connectivity index is 1.60. The smallest absolute Gasteiger partial charge is 0.308 e. The third-order valence-electron chi connectivity index (χ3n) is 5.18. The van der Waals surface area contributed by atoms with Gasteiger partial charge < -0.3 is 19.9 Å². The molecule has 1 aromatic rings. The molecular formula is C19H25NO5. The fourth-order valence-corrected chi connectivity index (χ4v) is 3.61. The first-order valence-electron chi connectivity index (χ1n) is 8.91. The van der Waals surface area contributed by atoms with Crippen molar-refractivity contribution in [1.29, 1.82) is 0 Å². The summed E-state index contributed by atoms with van der Waals surface area (Å²) in [6.45, 7) is 2.78. The molecule has 0 radical (unpaired) electrons. The summed E-state index contributed by atoms with van der Waals surface area (Å²) >= 11 is 0. The molecule has 1 amide bonds. The molecule has 0 bridgehead atoms. The lowest BCUT2D eigenvalue weighted by Crippen LogP contribution is -2.39. The highest BCUT2D eigenvalue weighted by Crippen LogP contribution is 2.26. The van der Waals surface area contributed by atoms with E-state index in [2.05, 4.69) is 5.32 Å². The highest BCUT2D eigenvalue weighted by Gasteiger charge is 2.30. The maximum Gasteiger partial charge on any atom is 0.308 e. The summed E-state index contributed by atoms with van der Waals surface area (Å²) < 4.78 is 10.7. The Morgan fingerprint density at radius 1 is 1.16 bits per heavy atom. The molecule has 2 aliphatic heterocycles. The highest BCUT2D eigenvalue weighted by molar-refractivity contribution is 5.94. The molecule has 0 aliphatic carbocycles. The predicted octanol–water partition coefficient (Wildman–Crippen LogP) is 2.05. The number of benzene rings is 1. The Morgan fingerprint density at radius 2 is 1.92 bits per heavy atom. The fraction of sp³-hybridized carbons (Fsp3) is 0.579. The molecule has 2 unspecified atom stereocenters. The van der Waals surface area contributed by atoms with E-state index in [4.69, 9.17) is 9.47 Å². The standard InChI is InChI=1S/C19H25NO5/c21-18(15-3-1-2-14(10-15)16-6-9-25-12-16)20-11-17(19(22)23)13-4-7-24-8-5-13/h1-3,10,13,16-17H,4-9,11-12H2,(H,20,21)(H,22,23). The van der Waals surface area contributed by atoms with Gasteiger partial charge in [-0.15, -0.1) is 0 Å². The van der Waals surface area contributed by atoms with E-state index in [-0.39, 0.29) is 18.4 Å². The van der Waals surface area contributed by atoms with Gasteiger partial charge in [0.25, 0.3) is 5.91 Å². The van der Waals surface area contributed by atoms with E-state index in [0.717, 1.165) is 31.4 Å². The van der Waals surface area contributed by atoms with Crippen LogP contribution in [0.3, 0.4) is 0 Å². The lowest BCUT2D eigenvalue weighted by atomic mass is 9.86. The van der Waals surface area contributed by atoms with Crippen LogP contribution in [0.25, 0.3) is 0 Å². The summed E-state index contributed by atoms with van der Waals surface area (Å²) in [5, 5.41) is 12.3. The van der Waals surface area contributed by atoms with Crippen molar-refractivity contribution in [2.45, 2.75) is 25.2 Å².